The van der Waals surface area contributed by atoms with Gasteiger partial charge >= 0.3 is 0 Å². The van der Waals surface area contributed by atoms with Gasteiger partial charge in [0, 0.05) is 12.2 Å². The Hall–Kier alpha value is -1.85. The predicted molar refractivity (Wildman–Crippen MR) is 100 cm³/mol. The molecular formula is C15H18ClN3O5S2. The maximum Gasteiger partial charge on any atom is 0.263 e. The summed E-state index contributed by atoms with van der Waals surface area (Å²) in [6.07, 6.45) is -0.828. The molecule has 11 heteroatoms. The fourth-order valence-corrected chi connectivity index (χ4v) is 3.92. The highest BCUT2D eigenvalue weighted by Gasteiger charge is 2.19. The first kappa shape index (κ1) is 20.5. The molecule has 0 heterocycles. The molecule has 8 nitrogen and oxygen atoms in total. The van der Waals surface area contributed by atoms with Gasteiger partial charge in [0.1, 0.15) is 4.90 Å². The summed E-state index contributed by atoms with van der Waals surface area (Å²) in [7, 11) is -7.82. The molecule has 0 spiro atoms. The lowest BCUT2D eigenvalue weighted by atomic mass is 10.3. The quantitative estimate of drug-likeness (QED) is 0.473. The Morgan fingerprint density at radius 3 is 2.23 bits per heavy atom. The molecular weight excluding hydrogens is 402 g/mol. The van der Waals surface area contributed by atoms with Crippen LogP contribution in [0.15, 0.2) is 58.3 Å². The zero-order chi connectivity index (χ0) is 19.4. The standard InChI is InChI=1S/C15H18ClN3O5S2/c16-9-12(20)10-18-14-3-1-2-4-15(14)26(23,24)19-11-5-7-13(8-6-11)25(17,21)22/h1-8,12,18-20H,9-10H2,(H2,17,21,22). The number of alkyl halides is 1. The number of aliphatic hydroxyl groups is 1. The van der Waals surface area contributed by atoms with Crippen LogP contribution < -0.4 is 15.2 Å². The van der Waals surface area contributed by atoms with Gasteiger partial charge in [0.2, 0.25) is 10.0 Å². The van der Waals surface area contributed by atoms with E-state index in [2.05, 4.69) is 10.0 Å². The highest BCUT2D eigenvalue weighted by atomic mass is 35.5. The van der Waals surface area contributed by atoms with Gasteiger partial charge in [-0.15, -0.1) is 11.6 Å². The summed E-state index contributed by atoms with van der Waals surface area (Å²) in [6, 6.07) is 11.2. The first-order valence-corrected chi connectivity index (χ1v) is 10.9. The highest BCUT2D eigenvalue weighted by Crippen LogP contribution is 2.24. The molecule has 1 atom stereocenters. The second kappa shape index (κ2) is 8.23. The van der Waals surface area contributed by atoms with Crippen LogP contribution in [0.3, 0.4) is 0 Å². The van der Waals surface area contributed by atoms with Gasteiger partial charge in [-0.2, -0.15) is 0 Å². The number of para-hydroxylation sites is 1. The normalized spacial score (nSPS) is 13.2. The number of sulfonamides is 2. The Balaban J connectivity index is 2.25. The lowest BCUT2D eigenvalue weighted by Gasteiger charge is -2.15. The lowest BCUT2D eigenvalue weighted by molar-refractivity contribution is 0.211. The van der Waals surface area contributed by atoms with E-state index in [4.69, 9.17) is 16.7 Å². The number of hydrogen-bond acceptors (Lipinski definition) is 6. The van der Waals surface area contributed by atoms with Crippen molar-refractivity contribution in [2.75, 3.05) is 22.5 Å². The molecule has 0 aliphatic carbocycles. The van der Waals surface area contributed by atoms with E-state index >= 15 is 0 Å². The number of anilines is 2. The van der Waals surface area contributed by atoms with Gasteiger partial charge < -0.3 is 10.4 Å². The van der Waals surface area contributed by atoms with Crippen molar-refractivity contribution < 1.29 is 21.9 Å². The van der Waals surface area contributed by atoms with E-state index in [0.29, 0.717) is 5.69 Å². The third kappa shape index (κ3) is 5.32. The van der Waals surface area contributed by atoms with Crippen LogP contribution in [0.1, 0.15) is 0 Å². The molecule has 0 bridgehead atoms. The van der Waals surface area contributed by atoms with Gasteiger partial charge in [-0.25, -0.2) is 22.0 Å². The first-order chi connectivity index (χ1) is 12.1. The SMILES string of the molecule is NS(=O)(=O)c1ccc(NS(=O)(=O)c2ccccc2NCC(O)CCl)cc1. The van der Waals surface area contributed by atoms with Crippen LogP contribution in [0.2, 0.25) is 0 Å². The summed E-state index contributed by atoms with van der Waals surface area (Å²) in [6.45, 7) is 0.0824. The van der Waals surface area contributed by atoms with Gasteiger partial charge in [-0.1, -0.05) is 12.1 Å². The zero-order valence-electron chi connectivity index (χ0n) is 13.5. The van der Waals surface area contributed by atoms with Crippen LogP contribution in [-0.4, -0.2) is 40.5 Å². The van der Waals surface area contributed by atoms with Gasteiger partial charge in [-0.3, -0.25) is 4.72 Å². The van der Waals surface area contributed by atoms with Crippen molar-refractivity contribution in [3.63, 3.8) is 0 Å². The number of halogens is 1. The second-order valence-corrected chi connectivity index (χ2v) is 8.88. The Morgan fingerprint density at radius 2 is 1.65 bits per heavy atom. The van der Waals surface area contributed by atoms with Crippen LogP contribution in [0.5, 0.6) is 0 Å². The average Bonchev–Trinajstić information content (AvgIpc) is 2.59. The Morgan fingerprint density at radius 1 is 1.04 bits per heavy atom. The van der Waals surface area contributed by atoms with Crippen LogP contribution >= 0.6 is 11.6 Å². The summed E-state index contributed by atoms with van der Waals surface area (Å²) >= 11 is 5.53. The Labute approximate surface area is 157 Å². The number of primary sulfonamides is 1. The summed E-state index contributed by atoms with van der Waals surface area (Å²) in [5.74, 6) is 0.0105. The molecule has 0 fully saturated rings. The molecule has 0 amide bonds. The van der Waals surface area contributed by atoms with E-state index in [0.717, 1.165) is 0 Å². The molecule has 2 rings (SSSR count). The maximum atomic E-state index is 12.6. The molecule has 2 aromatic rings. The number of hydrogen-bond donors (Lipinski definition) is 4. The van der Waals surface area contributed by atoms with Crippen molar-refractivity contribution in [1.82, 2.24) is 0 Å². The minimum absolute atomic E-state index is 0.0105. The van der Waals surface area contributed by atoms with Crippen molar-refractivity contribution in [2.24, 2.45) is 5.14 Å². The Kier molecular flexibility index (Phi) is 6.48. The topological polar surface area (TPSA) is 139 Å². The fraction of sp³-hybridized carbons (Fsp3) is 0.200. The molecule has 0 aromatic heterocycles. The van der Waals surface area contributed by atoms with Crippen LogP contribution in [0.4, 0.5) is 11.4 Å². The molecule has 0 saturated carbocycles. The predicted octanol–water partition coefficient (Wildman–Crippen LogP) is 1.15. The molecule has 0 radical (unpaired) electrons. The number of aliphatic hydroxyl groups excluding tert-OH is 1. The van der Waals surface area contributed by atoms with Gasteiger partial charge in [-0.05, 0) is 36.4 Å². The highest BCUT2D eigenvalue weighted by molar-refractivity contribution is 7.93. The summed E-state index contributed by atoms with van der Waals surface area (Å²) < 4.78 is 50.1. The minimum atomic E-state index is -3.95. The molecule has 26 heavy (non-hydrogen) atoms. The van der Waals surface area contributed by atoms with E-state index in [1.165, 1.54) is 30.3 Å². The molecule has 5 N–H and O–H groups in total. The summed E-state index contributed by atoms with van der Waals surface area (Å²) in [4.78, 5) is -0.158. The molecule has 1 unspecified atom stereocenters. The third-order valence-corrected chi connectivity index (χ3v) is 6.04. The average molecular weight is 420 g/mol. The molecule has 2 aromatic carbocycles. The maximum absolute atomic E-state index is 12.6. The fourth-order valence-electron chi connectivity index (χ4n) is 2.05. The van der Waals surface area contributed by atoms with Gasteiger partial charge in [0.25, 0.3) is 10.0 Å². The van der Waals surface area contributed by atoms with Crippen molar-refractivity contribution in [2.45, 2.75) is 15.9 Å². The number of benzene rings is 2. The molecule has 0 saturated heterocycles. The van der Waals surface area contributed by atoms with Gasteiger partial charge in [0.05, 0.1) is 22.6 Å². The van der Waals surface area contributed by atoms with Gasteiger partial charge in [0.15, 0.2) is 0 Å². The largest absolute Gasteiger partial charge is 0.390 e. The van der Waals surface area contributed by atoms with E-state index < -0.39 is 26.2 Å². The third-order valence-electron chi connectivity index (χ3n) is 3.32. The lowest BCUT2D eigenvalue weighted by Crippen LogP contribution is -2.22. The van der Waals surface area contributed by atoms with Crippen molar-refractivity contribution >= 4 is 43.0 Å². The van der Waals surface area contributed by atoms with Crippen LogP contribution in [0, 0.1) is 0 Å². The summed E-state index contributed by atoms with van der Waals surface area (Å²) in [5.41, 5.74) is 0.471. The van der Waals surface area contributed by atoms with Crippen molar-refractivity contribution in [3.8, 4) is 0 Å². The molecule has 0 aliphatic heterocycles. The molecule has 0 aliphatic rings. The second-order valence-electron chi connectivity index (χ2n) is 5.36. The monoisotopic (exact) mass is 419 g/mol. The summed E-state index contributed by atoms with van der Waals surface area (Å²) in [5, 5.41) is 17.4. The van der Waals surface area contributed by atoms with E-state index in [-0.39, 0.29) is 27.9 Å². The molecule has 142 valence electrons. The number of nitrogens with two attached hydrogens (primary N) is 1. The zero-order valence-corrected chi connectivity index (χ0v) is 15.9. The Bertz CT molecular complexity index is 963. The first-order valence-electron chi connectivity index (χ1n) is 7.36. The number of rotatable bonds is 8. The van der Waals surface area contributed by atoms with E-state index in [9.17, 15) is 21.9 Å². The minimum Gasteiger partial charge on any atom is -0.390 e. The smallest absolute Gasteiger partial charge is 0.263 e. The van der Waals surface area contributed by atoms with Crippen molar-refractivity contribution in [1.29, 1.82) is 0 Å². The van der Waals surface area contributed by atoms with Crippen LogP contribution in [0.25, 0.3) is 0 Å². The van der Waals surface area contributed by atoms with E-state index in [1.54, 1.807) is 18.2 Å². The number of nitrogens with one attached hydrogen (secondary N) is 2. The van der Waals surface area contributed by atoms with E-state index in [1.807, 2.05) is 0 Å². The van der Waals surface area contributed by atoms with Crippen molar-refractivity contribution in [3.05, 3.63) is 48.5 Å². The van der Waals surface area contributed by atoms with Crippen LogP contribution in [-0.2, 0) is 20.0 Å².